The highest BCUT2D eigenvalue weighted by Gasteiger charge is 2.38. The first-order chi connectivity index (χ1) is 20.5. The summed E-state index contributed by atoms with van der Waals surface area (Å²) in [5.74, 6) is -1.55. The van der Waals surface area contributed by atoms with Crippen LogP contribution in [-0.4, -0.2) is 51.8 Å². The first-order valence-electron chi connectivity index (χ1n) is 13.2. The molecule has 0 spiro atoms. The molecule has 3 aromatic rings. The lowest BCUT2D eigenvalue weighted by molar-refractivity contribution is -0.192. The number of nitrogens with one attached hydrogen (secondary N) is 2. The number of hydrogen-bond acceptors (Lipinski definition) is 7. The number of fused-ring (bicyclic) bond motifs is 1. The van der Waals surface area contributed by atoms with E-state index < -0.39 is 35.6 Å². The normalized spacial score (nSPS) is 15.4. The number of hydrogen-bond donors (Lipinski definition) is 3. The highest BCUT2D eigenvalue weighted by molar-refractivity contribution is 5.73. The lowest BCUT2D eigenvalue weighted by Crippen LogP contribution is -2.29. The van der Waals surface area contributed by atoms with Crippen molar-refractivity contribution in [2.45, 2.75) is 44.2 Å². The summed E-state index contributed by atoms with van der Waals surface area (Å²) in [6.07, 6.45) is -9.82. The van der Waals surface area contributed by atoms with Crippen LogP contribution < -0.4 is 15.5 Å². The number of carboxylic acid groups (broad SMARTS) is 1. The zero-order chi connectivity index (χ0) is 32.3. The van der Waals surface area contributed by atoms with Crippen LogP contribution in [0.3, 0.4) is 0 Å². The van der Waals surface area contributed by atoms with Crippen molar-refractivity contribution < 1.29 is 49.4 Å². The minimum Gasteiger partial charge on any atom is -0.475 e. The molecule has 0 unspecified atom stereocenters. The Bertz CT molecular complexity index is 1460. The van der Waals surface area contributed by atoms with Crippen molar-refractivity contribution in [1.29, 1.82) is 0 Å². The van der Waals surface area contributed by atoms with E-state index in [-0.39, 0.29) is 18.9 Å². The molecule has 2 aliphatic rings. The Hall–Kier alpha value is -4.31. The van der Waals surface area contributed by atoms with Crippen molar-refractivity contribution in [1.82, 2.24) is 15.0 Å². The van der Waals surface area contributed by atoms with E-state index in [1.54, 1.807) is 4.90 Å². The summed E-state index contributed by atoms with van der Waals surface area (Å²) in [6.45, 7) is 1.21. The van der Waals surface area contributed by atoms with Crippen molar-refractivity contribution in [3.63, 3.8) is 0 Å². The van der Waals surface area contributed by atoms with E-state index in [9.17, 15) is 39.5 Å². The van der Waals surface area contributed by atoms with Gasteiger partial charge in [-0.25, -0.2) is 14.8 Å². The van der Waals surface area contributed by atoms with Crippen LogP contribution in [0.5, 0.6) is 0 Å². The Morgan fingerprint density at radius 2 is 1.55 bits per heavy atom. The van der Waals surface area contributed by atoms with Crippen LogP contribution in [-0.2, 0) is 30.0 Å². The van der Waals surface area contributed by atoms with Crippen molar-refractivity contribution in [2.75, 3.05) is 35.2 Å². The lowest BCUT2D eigenvalue weighted by atomic mass is 10.1. The van der Waals surface area contributed by atoms with Crippen molar-refractivity contribution >= 4 is 29.2 Å². The molecule has 44 heavy (non-hydrogen) atoms. The van der Waals surface area contributed by atoms with Crippen LogP contribution in [0.4, 0.5) is 62.8 Å². The van der Waals surface area contributed by atoms with E-state index in [1.165, 1.54) is 24.4 Å². The number of carbonyl (C=O) groups is 1. The summed E-state index contributed by atoms with van der Waals surface area (Å²) >= 11 is 0. The molecule has 3 heterocycles. The number of aliphatic carboxylic acids is 1. The third-order valence-corrected chi connectivity index (χ3v) is 6.70. The monoisotopic (exact) mass is 636 g/mol. The average molecular weight is 637 g/mol. The minimum absolute atomic E-state index is 0.139. The quantitative estimate of drug-likeness (QED) is 0.257. The third kappa shape index (κ3) is 8.63. The fourth-order valence-corrected chi connectivity index (χ4v) is 4.30. The molecule has 1 fully saturated rings. The summed E-state index contributed by atoms with van der Waals surface area (Å²) in [5.41, 5.74) is 0.227. The number of aromatic nitrogens is 3. The molecule has 1 aliphatic heterocycles. The van der Waals surface area contributed by atoms with E-state index in [2.05, 4.69) is 25.6 Å². The lowest BCUT2D eigenvalue weighted by Gasteiger charge is -2.24. The van der Waals surface area contributed by atoms with Gasteiger partial charge in [-0.2, -0.15) is 44.5 Å². The van der Waals surface area contributed by atoms with Gasteiger partial charge in [-0.15, -0.1) is 0 Å². The largest absolute Gasteiger partial charge is 0.490 e. The zero-order valence-electron chi connectivity index (χ0n) is 22.6. The van der Waals surface area contributed by atoms with Crippen LogP contribution in [0.15, 0.2) is 42.6 Å². The summed E-state index contributed by atoms with van der Waals surface area (Å²) in [6, 6.07) is 6.88. The Balaban J connectivity index is 0.000000566. The second-order valence-corrected chi connectivity index (χ2v) is 10.0. The van der Waals surface area contributed by atoms with Gasteiger partial charge in [-0.3, -0.25) is 0 Å². The van der Waals surface area contributed by atoms with E-state index in [4.69, 9.17) is 9.90 Å². The molecule has 5 rings (SSSR count). The maximum atomic E-state index is 13.6. The summed E-state index contributed by atoms with van der Waals surface area (Å²) in [5, 5.41) is 13.4. The number of alkyl halides is 9. The van der Waals surface area contributed by atoms with Crippen molar-refractivity contribution in [3.8, 4) is 0 Å². The third-order valence-electron chi connectivity index (χ3n) is 6.70. The number of anilines is 4. The van der Waals surface area contributed by atoms with E-state index in [0.29, 0.717) is 54.0 Å². The summed E-state index contributed by atoms with van der Waals surface area (Å²) < 4.78 is 111. The molecule has 1 saturated carbocycles. The number of nitrogens with zero attached hydrogens (tertiary/aromatic N) is 4. The van der Waals surface area contributed by atoms with Gasteiger partial charge in [0.15, 0.2) is 0 Å². The molecule has 1 aromatic carbocycles. The van der Waals surface area contributed by atoms with Gasteiger partial charge in [0.25, 0.3) is 0 Å². The van der Waals surface area contributed by atoms with Gasteiger partial charge in [-0.1, -0.05) is 0 Å². The van der Waals surface area contributed by atoms with Crippen molar-refractivity contribution in [2.24, 2.45) is 5.92 Å². The van der Waals surface area contributed by atoms with E-state index in [0.717, 1.165) is 31.0 Å². The molecule has 238 valence electrons. The van der Waals surface area contributed by atoms with Gasteiger partial charge < -0.3 is 20.6 Å². The van der Waals surface area contributed by atoms with Gasteiger partial charge in [0.2, 0.25) is 5.95 Å². The molecule has 0 radical (unpaired) electrons. The van der Waals surface area contributed by atoms with Crippen LogP contribution >= 0.6 is 0 Å². The minimum atomic E-state index is -5.08. The molecule has 0 bridgehead atoms. The Morgan fingerprint density at radius 1 is 0.909 bits per heavy atom. The predicted molar refractivity (Wildman–Crippen MR) is 141 cm³/mol. The van der Waals surface area contributed by atoms with Crippen LogP contribution in [0, 0.1) is 5.92 Å². The topological polar surface area (TPSA) is 103 Å². The summed E-state index contributed by atoms with van der Waals surface area (Å²) in [4.78, 5) is 23.7. The van der Waals surface area contributed by atoms with Crippen molar-refractivity contribution in [3.05, 3.63) is 65.0 Å². The van der Waals surface area contributed by atoms with E-state index in [1.807, 2.05) is 0 Å². The maximum absolute atomic E-state index is 13.6. The number of halogens is 9. The van der Waals surface area contributed by atoms with Gasteiger partial charge in [0.05, 0.1) is 16.8 Å². The average Bonchev–Trinajstić information content (AvgIpc) is 3.78. The molecular formula is C27H25F9N6O2. The molecule has 17 heteroatoms. The van der Waals surface area contributed by atoms with Crippen LogP contribution in [0.2, 0.25) is 0 Å². The second-order valence-electron chi connectivity index (χ2n) is 10.0. The molecular weight excluding hydrogens is 611 g/mol. The molecule has 0 atom stereocenters. The highest BCUT2D eigenvalue weighted by atomic mass is 19.4. The smallest absolute Gasteiger partial charge is 0.475 e. The fourth-order valence-electron chi connectivity index (χ4n) is 4.30. The molecule has 1 aliphatic carbocycles. The molecule has 8 nitrogen and oxygen atoms in total. The molecule has 3 N–H and O–H groups in total. The van der Waals surface area contributed by atoms with E-state index >= 15 is 0 Å². The fraction of sp³-hybridized carbons (Fsp3) is 0.407. The van der Waals surface area contributed by atoms with Gasteiger partial charge in [-0.05, 0) is 61.6 Å². The zero-order valence-corrected chi connectivity index (χ0v) is 22.6. The maximum Gasteiger partial charge on any atom is 0.490 e. The predicted octanol–water partition coefficient (Wildman–Crippen LogP) is 6.71. The Kier molecular flexibility index (Phi) is 9.44. The Morgan fingerprint density at radius 3 is 2.11 bits per heavy atom. The number of carboxylic acids is 1. The number of pyridine rings is 1. The second kappa shape index (κ2) is 12.7. The first-order valence-corrected chi connectivity index (χ1v) is 13.2. The van der Waals surface area contributed by atoms with Gasteiger partial charge in [0, 0.05) is 43.5 Å². The van der Waals surface area contributed by atoms with Gasteiger partial charge in [0.1, 0.15) is 11.6 Å². The van der Waals surface area contributed by atoms with Crippen LogP contribution in [0.25, 0.3) is 0 Å². The standard InChI is InChI=1S/C25H24F6N6.C2HF3O2/c26-24(27,28)16-5-7-17(8-6-16)34-21-18-9-12-37(22-19(25(29,30)31)2-1-11-32-22)13-10-20(18)35-23(36-21)33-14-15-3-4-15;3-2(4,5)1(6)7/h1-2,5-8,11,15H,3-4,9-10,12-14H2,(H2,33,34,35,36);(H,6,7). The first kappa shape index (κ1) is 32.6. The molecule has 0 saturated heterocycles. The Labute approximate surface area is 244 Å². The summed E-state index contributed by atoms with van der Waals surface area (Å²) in [7, 11) is 0. The molecule has 2 aromatic heterocycles. The van der Waals surface area contributed by atoms with Gasteiger partial charge >= 0.3 is 24.5 Å². The number of benzene rings is 1. The number of rotatable bonds is 6. The van der Waals surface area contributed by atoms with Crippen LogP contribution in [0.1, 0.15) is 35.2 Å². The molecule has 0 amide bonds. The SMILES string of the molecule is FC(F)(F)c1ccc(Nc2nc(NCC3CC3)nc3c2CCN(c2ncccc2C(F)(F)F)CC3)cc1.O=C(O)C(F)(F)F. The highest BCUT2D eigenvalue weighted by Crippen LogP contribution is 2.37.